The molecule has 0 amide bonds. The molecule has 0 aromatic rings. The normalized spacial score (nSPS) is 27.9. The van der Waals surface area contributed by atoms with Crippen LogP contribution in [0.15, 0.2) is 0 Å². The molecule has 2 unspecified atom stereocenters. The quantitative estimate of drug-likeness (QED) is 0.734. The molecule has 2 fully saturated rings. The van der Waals surface area contributed by atoms with Gasteiger partial charge in [-0.2, -0.15) is 0 Å². The highest BCUT2D eigenvalue weighted by Crippen LogP contribution is 2.37. The Morgan fingerprint density at radius 1 is 1.21 bits per heavy atom. The van der Waals surface area contributed by atoms with E-state index < -0.39 is 0 Å². The predicted octanol–water partition coefficient (Wildman–Crippen LogP) is 2.32. The fraction of sp³-hybridized carbons (Fsp3) is 1.00. The van der Waals surface area contributed by atoms with Gasteiger partial charge in [0.1, 0.15) is 0 Å². The molecule has 2 nitrogen and oxygen atoms in total. The molecule has 0 radical (unpaired) electrons. The second kappa shape index (κ2) is 4.63. The molecule has 2 aliphatic carbocycles. The Kier molecular flexibility index (Phi) is 3.45. The molecule has 2 rings (SSSR count). The van der Waals surface area contributed by atoms with Crippen LogP contribution in [-0.4, -0.2) is 19.3 Å². The Balaban J connectivity index is 1.76. The summed E-state index contributed by atoms with van der Waals surface area (Å²) in [5, 5.41) is 0. The molecular formula is C12H23NO. The summed E-state index contributed by atoms with van der Waals surface area (Å²) in [6.45, 7) is 0. The minimum atomic E-state index is 0.288. The molecular weight excluding hydrogens is 174 g/mol. The van der Waals surface area contributed by atoms with Crippen molar-refractivity contribution in [2.45, 2.75) is 57.1 Å². The number of methoxy groups -OCH3 is 1. The molecule has 2 aliphatic rings. The summed E-state index contributed by atoms with van der Waals surface area (Å²) in [5.74, 6) is 1.66. The standard InChI is InChI=1S/C12H23NO/c1-14-12(10-6-7-10)11(13)8-9-4-2-3-5-9/h9-12H,2-8,13H2,1H3. The van der Waals surface area contributed by atoms with Crippen LogP contribution in [0, 0.1) is 11.8 Å². The molecule has 0 aromatic carbocycles. The van der Waals surface area contributed by atoms with E-state index in [1.807, 2.05) is 7.11 Å². The Labute approximate surface area is 87.2 Å². The lowest BCUT2D eigenvalue weighted by molar-refractivity contribution is 0.0556. The minimum absolute atomic E-state index is 0.288. The molecule has 0 bridgehead atoms. The molecule has 2 saturated carbocycles. The van der Waals surface area contributed by atoms with Crippen LogP contribution >= 0.6 is 0 Å². The van der Waals surface area contributed by atoms with E-state index in [2.05, 4.69) is 0 Å². The van der Waals surface area contributed by atoms with E-state index in [-0.39, 0.29) is 6.04 Å². The first kappa shape index (κ1) is 10.4. The SMILES string of the molecule is COC(C(N)CC1CCCC1)C1CC1. The second-order valence-electron chi connectivity index (χ2n) is 5.09. The lowest BCUT2D eigenvalue weighted by Gasteiger charge is -2.24. The average Bonchev–Trinajstić information content (AvgIpc) is 2.86. The molecule has 0 heterocycles. The fourth-order valence-electron chi connectivity index (χ4n) is 2.91. The Morgan fingerprint density at radius 2 is 1.86 bits per heavy atom. The highest BCUT2D eigenvalue weighted by Gasteiger charge is 2.36. The molecule has 2 atom stereocenters. The van der Waals surface area contributed by atoms with E-state index in [9.17, 15) is 0 Å². The van der Waals surface area contributed by atoms with E-state index >= 15 is 0 Å². The summed E-state index contributed by atoms with van der Waals surface area (Å²) in [5.41, 5.74) is 6.22. The average molecular weight is 197 g/mol. The van der Waals surface area contributed by atoms with Gasteiger partial charge in [-0.3, -0.25) is 0 Å². The summed E-state index contributed by atoms with van der Waals surface area (Å²) < 4.78 is 5.52. The van der Waals surface area contributed by atoms with Gasteiger partial charge in [0.2, 0.25) is 0 Å². The first-order chi connectivity index (χ1) is 6.81. The van der Waals surface area contributed by atoms with Crippen LogP contribution in [0.5, 0.6) is 0 Å². The predicted molar refractivity (Wildman–Crippen MR) is 58.1 cm³/mol. The first-order valence-corrected chi connectivity index (χ1v) is 6.09. The van der Waals surface area contributed by atoms with Gasteiger partial charge in [0.15, 0.2) is 0 Å². The maximum atomic E-state index is 6.22. The molecule has 14 heavy (non-hydrogen) atoms. The third-order valence-electron chi connectivity index (χ3n) is 3.86. The molecule has 0 spiro atoms. The molecule has 0 aromatic heterocycles. The molecule has 82 valence electrons. The van der Waals surface area contributed by atoms with Gasteiger partial charge in [-0.15, -0.1) is 0 Å². The number of hydrogen-bond acceptors (Lipinski definition) is 2. The van der Waals surface area contributed by atoms with Gasteiger partial charge in [0, 0.05) is 13.2 Å². The summed E-state index contributed by atoms with van der Waals surface area (Å²) in [6.07, 6.45) is 9.82. The zero-order chi connectivity index (χ0) is 9.97. The monoisotopic (exact) mass is 197 g/mol. The fourth-order valence-corrected chi connectivity index (χ4v) is 2.91. The maximum absolute atomic E-state index is 6.22. The van der Waals surface area contributed by atoms with E-state index in [0.29, 0.717) is 6.10 Å². The summed E-state index contributed by atoms with van der Waals surface area (Å²) in [4.78, 5) is 0. The highest BCUT2D eigenvalue weighted by atomic mass is 16.5. The Morgan fingerprint density at radius 3 is 2.36 bits per heavy atom. The van der Waals surface area contributed by atoms with Crippen LogP contribution in [0.1, 0.15) is 44.9 Å². The first-order valence-electron chi connectivity index (χ1n) is 6.09. The minimum Gasteiger partial charge on any atom is -0.380 e. The van der Waals surface area contributed by atoms with Crippen molar-refractivity contribution in [3.05, 3.63) is 0 Å². The van der Waals surface area contributed by atoms with Gasteiger partial charge in [-0.05, 0) is 31.1 Å². The van der Waals surface area contributed by atoms with Crippen LogP contribution < -0.4 is 5.73 Å². The van der Waals surface area contributed by atoms with Crippen LogP contribution in [-0.2, 0) is 4.74 Å². The number of rotatable bonds is 5. The molecule has 2 N–H and O–H groups in total. The number of ether oxygens (including phenoxy) is 1. The van der Waals surface area contributed by atoms with Gasteiger partial charge in [-0.1, -0.05) is 25.7 Å². The van der Waals surface area contributed by atoms with Crippen LogP contribution in [0.25, 0.3) is 0 Å². The largest absolute Gasteiger partial charge is 0.380 e. The highest BCUT2D eigenvalue weighted by molar-refractivity contribution is 4.90. The summed E-state index contributed by atoms with van der Waals surface area (Å²) in [6, 6.07) is 0.288. The van der Waals surface area contributed by atoms with Gasteiger partial charge in [0.05, 0.1) is 6.10 Å². The van der Waals surface area contributed by atoms with E-state index in [1.54, 1.807) is 0 Å². The topological polar surface area (TPSA) is 35.2 Å². The summed E-state index contributed by atoms with van der Waals surface area (Å²) >= 11 is 0. The van der Waals surface area contributed by atoms with E-state index in [4.69, 9.17) is 10.5 Å². The van der Waals surface area contributed by atoms with Crippen molar-refractivity contribution in [1.82, 2.24) is 0 Å². The number of hydrogen-bond donors (Lipinski definition) is 1. The van der Waals surface area contributed by atoms with Crippen molar-refractivity contribution < 1.29 is 4.74 Å². The second-order valence-corrected chi connectivity index (χ2v) is 5.09. The third-order valence-corrected chi connectivity index (χ3v) is 3.86. The zero-order valence-electron chi connectivity index (χ0n) is 9.24. The third kappa shape index (κ3) is 2.48. The lowest BCUT2D eigenvalue weighted by atomic mass is 9.94. The Bertz CT molecular complexity index is 173. The van der Waals surface area contributed by atoms with Gasteiger partial charge < -0.3 is 10.5 Å². The molecule has 2 heteroatoms. The van der Waals surface area contributed by atoms with E-state index in [0.717, 1.165) is 11.8 Å². The summed E-state index contributed by atoms with van der Waals surface area (Å²) in [7, 11) is 1.82. The lowest BCUT2D eigenvalue weighted by Crippen LogP contribution is -2.39. The molecule has 0 aliphatic heterocycles. The van der Waals surface area contributed by atoms with Gasteiger partial charge >= 0.3 is 0 Å². The van der Waals surface area contributed by atoms with Crippen molar-refractivity contribution in [2.24, 2.45) is 17.6 Å². The van der Waals surface area contributed by atoms with Crippen LogP contribution in [0.2, 0.25) is 0 Å². The smallest absolute Gasteiger partial charge is 0.0750 e. The Hall–Kier alpha value is -0.0800. The van der Waals surface area contributed by atoms with Crippen molar-refractivity contribution in [3.8, 4) is 0 Å². The number of nitrogens with two attached hydrogens (primary N) is 1. The van der Waals surface area contributed by atoms with Crippen molar-refractivity contribution >= 4 is 0 Å². The van der Waals surface area contributed by atoms with Gasteiger partial charge in [-0.25, -0.2) is 0 Å². The van der Waals surface area contributed by atoms with Crippen molar-refractivity contribution in [2.75, 3.05) is 7.11 Å². The van der Waals surface area contributed by atoms with Crippen molar-refractivity contribution in [1.29, 1.82) is 0 Å². The molecule has 0 saturated heterocycles. The van der Waals surface area contributed by atoms with Crippen molar-refractivity contribution in [3.63, 3.8) is 0 Å². The zero-order valence-corrected chi connectivity index (χ0v) is 9.24. The van der Waals surface area contributed by atoms with E-state index in [1.165, 1.54) is 44.9 Å². The van der Waals surface area contributed by atoms with Crippen LogP contribution in [0.3, 0.4) is 0 Å². The maximum Gasteiger partial charge on any atom is 0.0750 e. The van der Waals surface area contributed by atoms with Crippen LogP contribution in [0.4, 0.5) is 0 Å². The van der Waals surface area contributed by atoms with Gasteiger partial charge in [0.25, 0.3) is 0 Å².